The van der Waals surface area contributed by atoms with Gasteiger partial charge in [-0.2, -0.15) is 0 Å². The van der Waals surface area contributed by atoms with E-state index >= 15 is 0 Å². The first kappa shape index (κ1) is 21.0. The molecule has 0 saturated carbocycles. The van der Waals surface area contributed by atoms with Crippen LogP contribution in [0.5, 0.6) is 0 Å². The second kappa shape index (κ2) is 14.9. The fourth-order valence-corrected chi connectivity index (χ4v) is 16.8. The van der Waals surface area contributed by atoms with E-state index in [1.807, 2.05) is 12.2 Å². The summed E-state index contributed by atoms with van der Waals surface area (Å²) in [6.07, 6.45) is 18.4. The molecule has 2 heteroatoms. The SMILES string of the molecule is CCC[CH2][Sn](/[CH]=C/C=C/C=C/CO)([CH2]CCC)[CH2]CCC. The molecule has 122 valence electrons. The second-order valence-corrected chi connectivity index (χ2v) is 19.0. The predicted molar refractivity (Wildman–Crippen MR) is 99.4 cm³/mol. The van der Waals surface area contributed by atoms with Gasteiger partial charge in [0.05, 0.1) is 0 Å². The van der Waals surface area contributed by atoms with Gasteiger partial charge in [-0.15, -0.1) is 0 Å². The summed E-state index contributed by atoms with van der Waals surface area (Å²) in [5, 5.41) is 8.72. The van der Waals surface area contributed by atoms with Gasteiger partial charge in [-0.1, -0.05) is 0 Å². The molecule has 0 radical (unpaired) electrons. The van der Waals surface area contributed by atoms with Crippen LogP contribution in [0.15, 0.2) is 34.5 Å². The second-order valence-electron chi connectivity index (χ2n) is 6.03. The molecule has 0 rings (SSSR count). The minimum absolute atomic E-state index is 0.126. The van der Waals surface area contributed by atoms with Crippen molar-refractivity contribution in [2.24, 2.45) is 0 Å². The maximum atomic E-state index is 8.72. The average molecular weight is 399 g/mol. The van der Waals surface area contributed by atoms with E-state index in [1.54, 1.807) is 6.08 Å². The van der Waals surface area contributed by atoms with Gasteiger partial charge in [0.25, 0.3) is 0 Å². The molecule has 21 heavy (non-hydrogen) atoms. The molecule has 0 atom stereocenters. The third kappa shape index (κ3) is 11.2. The molecular formula is C19H36OSn. The molecule has 0 aromatic carbocycles. The van der Waals surface area contributed by atoms with Crippen LogP contribution in [0.4, 0.5) is 0 Å². The van der Waals surface area contributed by atoms with Crippen molar-refractivity contribution in [1.82, 2.24) is 0 Å². The summed E-state index contributed by atoms with van der Waals surface area (Å²) in [6, 6.07) is 0. The van der Waals surface area contributed by atoms with Crippen molar-refractivity contribution in [2.75, 3.05) is 6.61 Å². The molecule has 1 N–H and O–H groups in total. The van der Waals surface area contributed by atoms with E-state index in [-0.39, 0.29) is 6.61 Å². The molecule has 0 bridgehead atoms. The molecule has 0 saturated heterocycles. The number of hydrogen-bond donors (Lipinski definition) is 1. The molecule has 0 amide bonds. The van der Waals surface area contributed by atoms with E-state index in [2.05, 4.69) is 37.0 Å². The van der Waals surface area contributed by atoms with Gasteiger partial charge in [0, 0.05) is 0 Å². The summed E-state index contributed by atoms with van der Waals surface area (Å²) in [4.78, 5) is 0. The van der Waals surface area contributed by atoms with Crippen molar-refractivity contribution in [1.29, 1.82) is 0 Å². The molecule has 0 aliphatic carbocycles. The summed E-state index contributed by atoms with van der Waals surface area (Å²) in [7, 11) is 0. The normalized spacial score (nSPS) is 13.1. The zero-order valence-electron chi connectivity index (χ0n) is 14.5. The summed E-state index contributed by atoms with van der Waals surface area (Å²) < 4.78 is 7.25. The summed E-state index contributed by atoms with van der Waals surface area (Å²) >= 11 is -2.07. The molecule has 0 unspecified atom stereocenters. The first-order valence-corrected chi connectivity index (χ1v) is 16.6. The Morgan fingerprint density at radius 3 is 1.62 bits per heavy atom. The van der Waals surface area contributed by atoms with Crippen LogP contribution in [-0.2, 0) is 0 Å². The van der Waals surface area contributed by atoms with Crippen LogP contribution in [0.3, 0.4) is 0 Å². The molecule has 1 nitrogen and oxygen atoms in total. The Labute approximate surface area is 137 Å². The van der Waals surface area contributed by atoms with E-state index < -0.39 is 18.4 Å². The molecule has 0 spiro atoms. The number of unbranched alkanes of at least 4 members (excludes halogenated alkanes) is 3. The van der Waals surface area contributed by atoms with Gasteiger partial charge in [-0.25, -0.2) is 0 Å². The first-order chi connectivity index (χ1) is 10.2. The monoisotopic (exact) mass is 400 g/mol. The Kier molecular flexibility index (Phi) is 14.9. The first-order valence-electron chi connectivity index (χ1n) is 8.86. The van der Waals surface area contributed by atoms with E-state index in [0.29, 0.717) is 0 Å². The quantitative estimate of drug-likeness (QED) is 0.296. The fraction of sp³-hybridized carbons (Fsp3) is 0.684. The Morgan fingerprint density at radius 2 is 1.19 bits per heavy atom. The van der Waals surface area contributed by atoms with Gasteiger partial charge in [-0.3, -0.25) is 0 Å². The van der Waals surface area contributed by atoms with Gasteiger partial charge in [0.1, 0.15) is 0 Å². The van der Waals surface area contributed by atoms with E-state index in [1.165, 1.54) is 51.8 Å². The summed E-state index contributed by atoms with van der Waals surface area (Å²) in [6.45, 7) is 7.08. The van der Waals surface area contributed by atoms with Crippen molar-refractivity contribution in [3.05, 3.63) is 34.5 Å². The predicted octanol–water partition coefficient (Wildman–Crippen LogP) is 6.04. The van der Waals surface area contributed by atoms with Gasteiger partial charge in [0.2, 0.25) is 0 Å². The van der Waals surface area contributed by atoms with Crippen LogP contribution in [0.2, 0.25) is 13.3 Å². The van der Waals surface area contributed by atoms with E-state index in [4.69, 9.17) is 5.11 Å². The Balaban J connectivity index is 4.80. The number of allylic oxidation sites excluding steroid dienone is 4. The number of hydrogen-bond acceptors (Lipinski definition) is 1. The molecule has 0 aromatic rings. The Hall–Kier alpha value is -0.0213. The summed E-state index contributed by atoms with van der Waals surface area (Å²) in [5.74, 6) is 0. The van der Waals surface area contributed by atoms with E-state index in [0.717, 1.165) is 0 Å². The number of rotatable bonds is 13. The van der Waals surface area contributed by atoms with Crippen LogP contribution in [0.25, 0.3) is 0 Å². The average Bonchev–Trinajstić information content (AvgIpc) is 2.51. The zero-order valence-corrected chi connectivity index (χ0v) is 17.3. The van der Waals surface area contributed by atoms with Crippen LogP contribution in [0.1, 0.15) is 59.3 Å². The third-order valence-electron chi connectivity index (χ3n) is 4.11. The van der Waals surface area contributed by atoms with E-state index in [9.17, 15) is 0 Å². The van der Waals surface area contributed by atoms with Crippen molar-refractivity contribution in [2.45, 2.75) is 72.6 Å². The van der Waals surface area contributed by atoms with Crippen molar-refractivity contribution in [3.8, 4) is 0 Å². The number of aliphatic hydroxyl groups is 1. The molecular weight excluding hydrogens is 363 g/mol. The van der Waals surface area contributed by atoms with Crippen LogP contribution < -0.4 is 0 Å². The third-order valence-corrected chi connectivity index (χ3v) is 18.2. The molecule has 0 aliphatic rings. The number of aliphatic hydroxyl groups excluding tert-OH is 1. The Bertz CT molecular complexity index is 283. The van der Waals surface area contributed by atoms with Crippen LogP contribution in [0, 0.1) is 0 Å². The summed E-state index contributed by atoms with van der Waals surface area (Å²) in [5.41, 5.74) is 0. The molecule has 0 aromatic heterocycles. The molecule has 0 heterocycles. The Morgan fingerprint density at radius 1 is 0.714 bits per heavy atom. The van der Waals surface area contributed by atoms with Crippen LogP contribution >= 0.6 is 0 Å². The van der Waals surface area contributed by atoms with Crippen molar-refractivity contribution < 1.29 is 5.11 Å². The molecule has 0 aliphatic heterocycles. The maximum absolute atomic E-state index is 8.72. The standard InChI is InChI=1S/C7H9O.3C4H9.Sn/c1-2-3-4-5-6-7-8;3*1-3-4-2;/h1-6,8H,7H2;3*1,3-4H2,2H3;/b2-1?,4-3+,6-5+;;;;. The van der Waals surface area contributed by atoms with Gasteiger partial charge < -0.3 is 0 Å². The van der Waals surface area contributed by atoms with Gasteiger partial charge in [-0.05, 0) is 0 Å². The van der Waals surface area contributed by atoms with Gasteiger partial charge in [0.15, 0.2) is 0 Å². The van der Waals surface area contributed by atoms with Crippen LogP contribution in [-0.4, -0.2) is 30.1 Å². The fourth-order valence-electron chi connectivity index (χ4n) is 2.74. The minimum atomic E-state index is -2.07. The van der Waals surface area contributed by atoms with Gasteiger partial charge >= 0.3 is 137 Å². The topological polar surface area (TPSA) is 20.2 Å². The zero-order chi connectivity index (χ0) is 15.8. The molecule has 0 fully saturated rings. The van der Waals surface area contributed by atoms with Crippen molar-refractivity contribution >= 4 is 18.4 Å². The van der Waals surface area contributed by atoms with Crippen molar-refractivity contribution in [3.63, 3.8) is 0 Å².